The molecule has 30 heavy (non-hydrogen) atoms. The van der Waals surface area contributed by atoms with Gasteiger partial charge in [-0.1, -0.05) is 60.7 Å². The van der Waals surface area contributed by atoms with Crippen molar-refractivity contribution in [3.63, 3.8) is 0 Å². The second kappa shape index (κ2) is 8.03. The molecule has 1 aliphatic heterocycles. The second-order valence-corrected chi connectivity index (χ2v) is 7.10. The molecule has 0 saturated carbocycles. The second-order valence-electron chi connectivity index (χ2n) is 7.10. The summed E-state index contributed by atoms with van der Waals surface area (Å²) in [5.41, 5.74) is 0.489. The van der Waals surface area contributed by atoms with Gasteiger partial charge in [0.15, 0.2) is 0 Å². The van der Waals surface area contributed by atoms with Crippen molar-refractivity contribution in [1.82, 2.24) is 0 Å². The quantitative estimate of drug-likeness (QED) is 0.543. The highest BCUT2D eigenvalue weighted by atomic mass is 16.5. The molecule has 5 heteroatoms. The summed E-state index contributed by atoms with van der Waals surface area (Å²) in [6, 6.07) is 22.2. The number of hydrogen-bond acceptors (Lipinski definition) is 5. The molecule has 0 N–H and O–H groups in total. The van der Waals surface area contributed by atoms with Gasteiger partial charge in [-0.15, -0.1) is 0 Å². The Morgan fingerprint density at radius 3 is 2.23 bits per heavy atom. The van der Waals surface area contributed by atoms with Crippen molar-refractivity contribution < 1.29 is 23.8 Å². The van der Waals surface area contributed by atoms with E-state index in [1.807, 2.05) is 60.7 Å². The first kappa shape index (κ1) is 19.7. The summed E-state index contributed by atoms with van der Waals surface area (Å²) in [5.74, 6) is 0.527. The maximum absolute atomic E-state index is 14.0. The van der Waals surface area contributed by atoms with Crippen LogP contribution in [0.4, 0.5) is 0 Å². The summed E-state index contributed by atoms with van der Waals surface area (Å²) in [7, 11) is 3.05. The molecular weight excluding hydrogens is 380 g/mol. The minimum absolute atomic E-state index is 0.123. The molecule has 0 fully saturated rings. The fourth-order valence-electron chi connectivity index (χ4n) is 4.18. The number of ether oxygens (including phenoxy) is 3. The van der Waals surface area contributed by atoms with E-state index in [2.05, 4.69) is 0 Å². The number of aldehydes is 1. The third kappa shape index (κ3) is 3.03. The molecule has 0 unspecified atom stereocenters. The van der Waals surface area contributed by atoms with Crippen LogP contribution in [0.1, 0.15) is 33.8 Å². The number of hydrogen-bond donors (Lipinski definition) is 0. The molecule has 0 aromatic heterocycles. The van der Waals surface area contributed by atoms with Crippen molar-refractivity contribution in [1.29, 1.82) is 0 Å². The maximum atomic E-state index is 14.0. The Kier molecular flexibility index (Phi) is 5.27. The molecule has 0 spiro atoms. The zero-order valence-electron chi connectivity index (χ0n) is 16.8. The van der Waals surface area contributed by atoms with Gasteiger partial charge >= 0.3 is 0 Å². The van der Waals surface area contributed by atoms with Crippen LogP contribution in [0.25, 0.3) is 0 Å². The largest absolute Gasteiger partial charge is 0.496 e. The minimum Gasteiger partial charge on any atom is -0.496 e. The zero-order valence-corrected chi connectivity index (χ0v) is 16.8. The average molecular weight is 402 g/mol. The highest BCUT2D eigenvalue weighted by molar-refractivity contribution is 6.11. The lowest BCUT2D eigenvalue weighted by Gasteiger charge is -2.35. The molecule has 152 valence electrons. The van der Waals surface area contributed by atoms with Crippen LogP contribution < -0.4 is 14.2 Å². The van der Waals surface area contributed by atoms with Crippen LogP contribution in [0.2, 0.25) is 0 Å². The first-order chi connectivity index (χ1) is 14.7. The summed E-state index contributed by atoms with van der Waals surface area (Å²) in [6.07, 6.45) is 0.956. The Morgan fingerprint density at radius 1 is 0.967 bits per heavy atom. The van der Waals surface area contributed by atoms with Crippen molar-refractivity contribution in [2.24, 2.45) is 0 Å². The van der Waals surface area contributed by atoms with Gasteiger partial charge in [-0.25, -0.2) is 0 Å². The molecule has 4 rings (SSSR count). The molecule has 3 aromatic rings. The van der Waals surface area contributed by atoms with E-state index in [0.29, 0.717) is 28.4 Å². The number of methoxy groups -OCH3 is 2. The summed E-state index contributed by atoms with van der Waals surface area (Å²) < 4.78 is 17.3. The molecule has 0 radical (unpaired) electrons. The van der Waals surface area contributed by atoms with Gasteiger partial charge in [-0.3, -0.25) is 4.79 Å². The van der Waals surface area contributed by atoms with Crippen LogP contribution >= 0.6 is 0 Å². The van der Waals surface area contributed by atoms with Crippen molar-refractivity contribution in [2.45, 2.75) is 17.9 Å². The third-order valence-electron chi connectivity index (χ3n) is 5.56. The third-order valence-corrected chi connectivity index (χ3v) is 5.56. The minimum atomic E-state index is -1.40. The lowest BCUT2D eigenvalue weighted by molar-refractivity contribution is -0.109. The van der Waals surface area contributed by atoms with E-state index >= 15 is 0 Å². The number of Topliss-reactive ketones (excluding diaryl/α,β-unsaturated/α-hetero) is 1. The van der Waals surface area contributed by atoms with Gasteiger partial charge in [0.25, 0.3) is 0 Å². The summed E-state index contributed by atoms with van der Waals surface area (Å²) in [6.45, 7) is 0. The van der Waals surface area contributed by atoms with Crippen LogP contribution in [0, 0.1) is 0 Å². The van der Waals surface area contributed by atoms with Gasteiger partial charge in [0.2, 0.25) is 11.4 Å². The summed E-state index contributed by atoms with van der Waals surface area (Å²) >= 11 is 0. The van der Waals surface area contributed by atoms with Crippen LogP contribution in [0.15, 0.2) is 72.8 Å². The van der Waals surface area contributed by atoms with Crippen LogP contribution in [-0.2, 0) is 10.4 Å². The van der Waals surface area contributed by atoms with Gasteiger partial charge < -0.3 is 19.0 Å². The Bertz CT molecular complexity index is 1060. The van der Waals surface area contributed by atoms with Gasteiger partial charge in [0, 0.05) is 30.0 Å². The van der Waals surface area contributed by atoms with Crippen molar-refractivity contribution >= 4 is 12.1 Å². The number of benzene rings is 3. The van der Waals surface area contributed by atoms with Gasteiger partial charge in [0.05, 0.1) is 14.2 Å². The van der Waals surface area contributed by atoms with E-state index in [4.69, 9.17) is 14.2 Å². The average Bonchev–Trinajstić information content (AvgIpc) is 3.11. The first-order valence-corrected chi connectivity index (χ1v) is 9.69. The SMILES string of the molecule is COc1cc(OC)c2c(c1)O[C@@](c1ccccc1)([C@@H](CC=O)c1ccccc1)C2=O. The highest BCUT2D eigenvalue weighted by Gasteiger charge is 2.56. The van der Waals surface area contributed by atoms with Crippen LogP contribution in [-0.4, -0.2) is 26.3 Å². The van der Waals surface area contributed by atoms with Crippen LogP contribution in [0.5, 0.6) is 17.2 Å². The van der Waals surface area contributed by atoms with Crippen LogP contribution in [0.3, 0.4) is 0 Å². The van der Waals surface area contributed by atoms with E-state index in [-0.39, 0.29) is 12.2 Å². The number of carbonyl (C=O) groups excluding carboxylic acids is 2. The molecule has 0 saturated heterocycles. The molecule has 5 nitrogen and oxygen atoms in total. The van der Waals surface area contributed by atoms with Gasteiger partial charge in [-0.05, 0) is 5.56 Å². The molecule has 0 amide bonds. The molecule has 3 aromatic carbocycles. The fourth-order valence-corrected chi connectivity index (χ4v) is 4.18. The van der Waals surface area contributed by atoms with Gasteiger partial charge in [0.1, 0.15) is 29.1 Å². The Balaban J connectivity index is 1.98. The molecule has 1 aliphatic rings. The van der Waals surface area contributed by atoms with Crippen molar-refractivity contribution in [3.05, 3.63) is 89.5 Å². The lowest BCUT2D eigenvalue weighted by Crippen LogP contribution is -2.43. The fraction of sp³-hybridized carbons (Fsp3) is 0.200. The predicted octanol–water partition coefficient (Wildman–Crippen LogP) is 4.55. The topological polar surface area (TPSA) is 61.8 Å². The zero-order chi connectivity index (χ0) is 21.1. The normalized spacial score (nSPS) is 18.3. The Morgan fingerprint density at radius 2 is 1.63 bits per heavy atom. The smallest absolute Gasteiger partial charge is 0.219 e. The number of ketones is 1. The standard InChI is InChI=1S/C25H22O5/c1-28-19-15-21(29-2)23-22(16-19)30-25(24(23)27,18-11-7-4-8-12-18)20(13-14-26)17-9-5-3-6-10-17/h3-12,14-16,20H,13H2,1-2H3/t20-,25-/m0/s1. The lowest BCUT2D eigenvalue weighted by atomic mass is 9.72. The molecule has 1 heterocycles. The Labute approximate surface area is 175 Å². The summed E-state index contributed by atoms with van der Waals surface area (Å²) in [5, 5.41) is 0. The van der Waals surface area contributed by atoms with Gasteiger partial charge in [-0.2, -0.15) is 0 Å². The van der Waals surface area contributed by atoms with Crippen molar-refractivity contribution in [3.8, 4) is 17.2 Å². The first-order valence-electron chi connectivity index (χ1n) is 9.69. The number of rotatable bonds is 7. The predicted molar refractivity (Wildman–Crippen MR) is 112 cm³/mol. The molecule has 2 atom stereocenters. The maximum Gasteiger partial charge on any atom is 0.219 e. The van der Waals surface area contributed by atoms with E-state index in [1.54, 1.807) is 19.2 Å². The Hall–Kier alpha value is -3.60. The monoisotopic (exact) mass is 402 g/mol. The summed E-state index contributed by atoms with van der Waals surface area (Å²) in [4.78, 5) is 25.7. The van der Waals surface area contributed by atoms with E-state index < -0.39 is 11.5 Å². The molecular formula is C25H22O5. The van der Waals surface area contributed by atoms with E-state index in [9.17, 15) is 9.59 Å². The molecule has 0 bridgehead atoms. The number of fused-ring (bicyclic) bond motifs is 1. The van der Waals surface area contributed by atoms with Crippen molar-refractivity contribution in [2.75, 3.05) is 14.2 Å². The van der Waals surface area contributed by atoms with E-state index in [0.717, 1.165) is 11.8 Å². The van der Waals surface area contributed by atoms with E-state index in [1.165, 1.54) is 7.11 Å². The highest BCUT2D eigenvalue weighted by Crippen LogP contribution is 2.53. The molecule has 0 aliphatic carbocycles. The number of carbonyl (C=O) groups is 2.